The van der Waals surface area contributed by atoms with Gasteiger partial charge in [-0.3, -0.25) is 14.2 Å². The van der Waals surface area contributed by atoms with Gasteiger partial charge in [0.15, 0.2) is 10.6 Å². The van der Waals surface area contributed by atoms with E-state index in [-0.39, 0.29) is 11.3 Å². The van der Waals surface area contributed by atoms with Gasteiger partial charge in [-0.15, -0.1) is 0 Å². The molecule has 0 N–H and O–H groups in total. The third-order valence-corrected chi connectivity index (χ3v) is 7.86. The lowest BCUT2D eigenvalue weighted by molar-refractivity contribution is -0.114. The molecule has 0 aliphatic carbocycles. The van der Waals surface area contributed by atoms with Crippen LogP contribution in [-0.4, -0.2) is 24.4 Å². The number of ketones is 1. The minimum atomic E-state index is -0.531. The molecule has 1 aliphatic rings. The highest BCUT2D eigenvalue weighted by Crippen LogP contribution is 2.31. The van der Waals surface area contributed by atoms with Gasteiger partial charge in [0, 0.05) is 46.3 Å². The lowest BCUT2D eigenvalue weighted by Gasteiger charge is -2.25. The van der Waals surface area contributed by atoms with E-state index >= 15 is 0 Å². The van der Waals surface area contributed by atoms with Gasteiger partial charge in [0.05, 0.1) is 10.6 Å². The fraction of sp³-hybridized carbons (Fsp3) is 0.179. The molecule has 6 nitrogen and oxygen atoms in total. The quantitative estimate of drug-likeness (QED) is 0.307. The molecule has 8 heteroatoms. The van der Waals surface area contributed by atoms with Crippen molar-refractivity contribution in [1.82, 2.24) is 4.57 Å². The number of Topliss-reactive ketones (excluding diaryl/α,β-unsaturated/α-hetero) is 1. The van der Waals surface area contributed by atoms with Crippen molar-refractivity contribution in [3.8, 4) is 11.3 Å². The number of carbonyl (C=O) groups excluding carboxylic acids is 1. The number of nitrogens with zero attached hydrogens (tertiary/aromatic N) is 3. The largest absolute Gasteiger partial charge is 0.457 e. The van der Waals surface area contributed by atoms with E-state index in [1.165, 1.54) is 18.3 Å². The number of allylic oxidation sites excluding steroid dienone is 2. The molecule has 1 aliphatic heterocycles. The Morgan fingerprint density at radius 1 is 1.08 bits per heavy atom. The molecule has 0 bridgehead atoms. The van der Waals surface area contributed by atoms with E-state index in [0.717, 1.165) is 26.1 Å². The molecule has 1 atom stereocenters. The highest BCUT2D eigenvalue weighted by Gasteiger charge is 2.30. The Kier molecular flexibility index (Phi) is 6.57. The maximum Gasteiger partial charge on any atom is 0.271 e. The van der Waals surface area contributed by atoms with Gasteiger partial charge in [-0.2, -0.15) is 0 Å². The Balaban J connectivity index is 1.62. The maximum absolute atomic E-state index is 13.7. The highest BCUT2D eigenvalue weighted by molar-refractivity contribution is 14.1. The molecule has 3 heterocycles. The summed E-state index contributed by atoms with van der Waals surface area (Å²) in [4.78, 5) is 33.6. The van der Waals surface area contributed by atoms with E-state index in [1.54, 1.807) is 10.6 Å². The zero-order valence-corrected chi connectivity index (χ0v) is 23.3. The van der Waals surface area contributed by atoms with Crippen LogP contribution in [0.15, 0.2) is 86.1 Å². The summed E-state index contributed by atoms with van der Waals surface area (Å²) < 4.78 is 9.31. The van der Waals surface area contributed by atoms with Crippen LogP contribution in [0.25, 0.3) is 17.4 Å². The van der Waals surface area contributed by atoms with Crippen molar-refractivity contribution in [3.05, 3.63) is 107 Å². The van der Waals surface area contributed by atoms with Crippen molar-refractivity contribution in [2.75, 3.05) is 19.0 Å². The number of fused-ring (bicyclic) bond motifs is 1. The minimum Gasteiger partial charge on any atom is -0.457 e. The lowest BCUT2D eigenvalue weighted by atomic mass is 9.93. The standard InChI is InChI=1S/C28H24IN3O3S/c1-16-25(17(2)33)26(19-7-11-21(12-8-19)31(3)4)32-27(34)24(36-28(32)30-16)15-22-13-14-23(35-22)18-5-9-20(29)10-6-18/h5-15,26H,1-4H3/b24-15+/t26-/m1/s1. The Labute approximate surface area is 226 Å². The van der Waals surface area contributed by atoms with Crippen LogP contribution in [0.2, 0.25) is 0 Å². The van der Waals surface area contributed by atoms with Crippen molar-refractivity contribution in [2.24, 2.45) is 4.99 Å². The topological polar surface area (TPSA) is 67.8 Å². The predicted octanol–water partition coefficient (Wildman–Crippen LogP) is 4.75. The fourth-order valence-electron chi connectivity index (χ4n) is 4.37. The van der Waals surface area contributed by atoms with E-state index in [9.17, 15) is 9.59 Å². The number of thiazole rings is 1. The SMILES string of the molecule is CC(=O)C1=C(C)N=c2s/c(=C/c3ccc(-c4ccc(I)cc4)o3)c(=O)n2[C@@H]1c1ccc(N(C)C)cc1. The zero-order chi connectivity index (χ0) is 25.6. The fourth-order valence-corrected chi connectivity index (χ4v) is 5.76. The van der Waals surface area contributed by atoms with Gasteiger partial charge in [-0.25, -0.2) is 4.99 Å². The number of benzene rings is 2. The molecule has 0 spiro atoms. The van der Waals surface area contributed by atoms with Crippen molar-refractivity contribution in [2.45, 2.75) is 19.9 Å². The van der Waals surface area contributed by atoms with Gasteiger partial charge < -0.3 is 9.32 Å². The number of rotatable bonds is 5. The summed E-state index contributed by atoms with van der Waals surface area (Å²) in [6.07, 6.45) is 1.75. The molecule has 2 aromatic heterocycles. The molecule has 0 unspecified atom stereocenters. The summed E-state index contributed by atoms with van der Waals surface area (Å²) in [5, 5.41) is 0. The molecule has 2 aromatic carbocycles. The van der Waals surface area contributed by atoms with Crippen LogP contribution in [-0.2, 0) is 4.79 Å². The summed E-state index contributed by atoms with van der Waals surface area (Å²) in [6.45, 7) is 3.36. The van der Waals surface area contributed by atoms with Gasteiger partial charge in [0.2, 0.25) is 0 Å². The number of aromatic nitrogens is 1. The van der Waals surface area contributed by atoms with Gasteiger partial charge in [0.25, 0.3) is 5.56 Å². The Hall–Kier alpha value is -3.24. The summed E-state index contributed by atoms with van der Waals surface area (Å²) in [7, 11) is 3.95. The molecule has 36 heavy (non-hydrogen) atoms. The Morgan fingerprint density at radius 3 is 2.42 bits per heavy atom. The Morgan fingerprint density at radius 2 is 1.78 bits per heavy atom. The average molecular weight is 609 g/mol. The maximum atomic E-state index is 13.7. The molecule has 0 fully saturated rings. The van der Waals surface area contributed by atoms with Crippen LogP contribution < -0.4 is 19.8 Å². The molecular formula is C28H24IN3O3S. The zero-order valence-electron chi connectivity index (χ0n) is 20.3. The molecule has 4 aromatic rings. The van der Waals surface area contributed by atoms with Gasteiger partial charge in [-0.1, -0.05) is 35.6 Å². The first-order valence-electron chi connectivity index (χ1n) is 11.4. The third kappa shape index (κ3) is 4.51. The minimum absolute atomic E-state index is 0.0968. The van der Waals surface area contributed by atoms with Crippen LogP contribution in [0.3, 0.4) is 0 Å². The second-order valence-electron chi connectivity index (χ2n) is 8.83. The van der Waals surface area contributed by atoms with Gasteiger partial charge >= 0.3 is 0 Å². The smallest absolute Gasteiger partial charge is 0.271 e. The van der Waals surface area contributed by atoms with Crippen LogP contribution in [0.1, 0.15) is 31.2 Å². The average Bonchev–Trinajstić information content (AvgIpc) is 3.43. The first-order valence-corrected chi connectivity index (χ1v) is 13.3. The molecule has 0 radical (unpaired) electrons. The molecule has 0 saturated carbocycles. The van der Waals surface area contributed by atoms with Crippen LogP contribution in [0.4, 0.5) is 5.69 Å². The normalized spacial score (nSPS) is 15.6. The molecule has 0 saturated heterocycles. The molecule has 0 amide bonds. The second kappa shape index (κ2) is 9.67. The molecule has 182 valence electrons. The van der Waals surface area contributed by atoms with Crippen molar-refractivity contribution < 1.29 is 9.21 Å². The second-order valence-corrected chi connectivity index (χ2v) is 11.1. The molecule has 5 rings (SSSR count). The lowest BCUT2D eigenvalue weighted by Crippen LogP contribution is -2.39. The summed E-state index contributed by atoms with van der Waals surface area (Å²) in [5.41, 5.74) is 3.85. The van der Waals surface area contributed by atoms with E-state index in [0.29, 0.717) is 26.4 Å². The van der Waals surface area contributed by atoms with Crippen LogP contribution in [0, 0.1) is 3.57 Å². The van der Waals surface area contributed by atoms with Gasteiger partial charge in [0.1, 0.15) is 11.5 Å². The van der Waals surface area contributed by atoms with Crippen molar-refractivity contribution >= 4 is 51.5 Å². The number of hydrogen-bond acceptors (Lipinski definition) is 6. The van der Waals surface area contributed by atoms with Gasteiger partial charge in [-0.05, 0) is 78.4 Å². The third-order valence-electron chi connectivity index (χ3n) is 6.16. The van der Waals surface area contributed by atoms with E-state index in [1.807, 2.05) is 86.6 Å². The number of anilines is 1. The van der Waals surface area contributed by atoms with Crippen LogP contribution in [0.5, 0.6) is 0 Å². The monoisotopic (exact) mass is 609 g/mol. The van der Waals surface area contributed by atoms with E-state index in [4.69, 9.17) is 4.42 Å². The summed E-state index contributed by atoms with van der Waals surface area (Å²) >= 11 is 3.57. The number of carbonyl (C=O) groups is 1. The number of furan rings is 1. The first-order chi connectivity index (χ1) is 17.2. The Bertz CT molecular complexity index is 1670. The van der Waals surface area contributed by atoms with E-state index in [2.05, 4.69) is 27.6 Å². The predicted molar refractivity (Wildman–Crippen MR) is 152 cm³/mol. The van der Waals surface area contributed by atoms with Crippen molar-refractivity contribution in [1.29, 1.82) is 0 Å². The number of hydrogen-bond donors (Lipinski definition) is 0. The van der Waals surface area contributed by atoms with E-state index < -0.39 is 6.04 Å². The first kappa shape index (κ1) is 24.5. The molecular weight excluding hydrogens is 585 g/mol. The van der Waals surface area contributed by atoms with Crippen molar-refractivity contribution in [3.63, 3.8) is 0 Å². The summed E-state index contributed by atoms with van der Waals surface area (Å²) in [5.74, 6) is 1.22. The highest BCUT2D eigenvalue weighted by atomic mass is 127. The van der Waals surface area contributed by atoms with Crippen LogP contribution >= 0.6 is 33.9 Å². The summed E-state index contributed by atoms with van der Waals surface area (Å²) in [6, 6.07) is 19.2. The number of halogens is 1.